The van der Waals surface area contributed by atoms with E-state index in [4.69, 9.17) is 4.42 Å². The molecular formula is C10H9BrN4O3. The van der Waals surface area contributed by atoms with E-state index in [1.165, 1.54) is 12.3 Å². The predicted octanol–water partition coefficient (Wildman–Crippen LogP) is 2.66. The van der Waals surface area contributed by atoms with Crippen molar-refractivity contribution >= 4 is 27.4 Å². The Bertz CT molecular complexity index is 584. The molecule has 0 aliphatic heterocycles. The van der Waals surface area contributed by atoms with E-state index in [-0.39, 0.29) is 5.69 Å². The molecule has 0 radical (unpaired) electrons. The Hall–Kier alpha value is -1.96. The molecule has 8 heteroatoms. The van der Waals surface area contributed by atoms with Gasteiger partial charge < -0.3 is 9.73 Å². The number of nitrogens with one attached hydrogen (secondary N) is 1. The molecule has 94 valence electrons. The van der Waals surface area contributed by atoms with Gasteiger partial charge in [-0.3, -0.25) is 10.1 Å². The van der Waals surface area contributed by atoms with Gasteiger partial charge in [0, 0.05) is 6.07 Å². The summed E-state index contributed by atoms with van der Waals surface area (Å²) in [5.74, 6) is 1.75. The van der Waals surface area contributed by atoms with Crippen molar-refractivity contribution in [1.29, 1.82) is 0 Å². The third-order valence-electron chi connectivity index (χ3n) is 2.11. The Morgan fingerprint density at radius 3 is 2.83 bits per heavy atom. The van der Waals surface area contributed by atoms with Gasteiger partial charge in [0.2, 0.25) is 5.89 Å². The highest BCUT2D eigenvalue weighted by Gasteiger charge is 2.11. The van der Waals surface area contributed by atoms with E-state index in [0.717, 1.165) is 5.76 Å². The molecule has 0 aromatic carbocycles. The molecule has 0 fully saturated rings. The molecule has 2 aromatic rings. The fourth-order valence-electron chi connectivity index (χ4n) is 1.30. The number of pyridine rings is 1. The molecule has 0 aliphatic rings. The number of hydrogen-bond donors (Lipinski definition) is 1. The minimum atomic E-state index is -0.501. The van der Waals surface area contributed by atoms with Crippen LogP contribution in [0.5, 0.6) is 0 Å². The highest BCUT2D eigenvalue weighted by Crippen LogP contribution is 2.24. The molecule has 7 nitrogen and oxygen atoms in total. The van der Waals surface area contributed by atoms with Crippen LogP contribution in [0.25, 0.3) is 0 Å². The lowest BCUT2D eigenvalue weighted by Crippen LogP contribution is -2.02. The maximum absolute atomic E-state index is 10.5. The maximum Gasteiger partial charge on any atom is 0.288 e. The summed E-state index contributed by atoms with van der Waals surface area (Å²) in [6.45, 7) is 2.16. The summed E-state index contributed by atoms with van der Waals surface area (Å²) in [6, 6.07) is 1.39. The lowest BCUT2D eigenvalue weighted by molar-refractivity contribution is -0.385. The first-order chi connectivity index (χ1) is 8.56. The summed E-state index contributed by atoms with van der Waals surface area (Å²) < 4.78 is 5.80. The monoisotopic (exact) mass is 312 g/mol. The molecule has 0 bridgehead atoms. The number of oxazole rings is 1. The van der Waals surface area contributed by atoms with E-state index in [0.29, 0.717) is 22.7 Å². The summed E-state index contributed by atoms with van der Waals surface area (Å²) in [5.41, 5.74) is -0.0700. The summed E-state index contributed by atoms with van der Waals surface area (Å²) >= 11 is 3.21. The van der Waals surface area contributed by atoms with Crippen molar-refractivity contribution in [3.05, 3.63) is 44.7 Å². The fraction of sp³-hybridized carbons (Fsp3) is 0.200. The Balaban J connectivity index is 2.08. The van der Waals surface area contributed by atoms with Crippen LogP contribution in [0.2, 0.25) is 0 Å². The third kappa shape index (κ3) is 2.83. The summed E-state index contributed by atoms with van der Waals surface area (Å²) in [7, 11) is 0. The number of nitrogens with zero attached hydrogens (tertiary/aromatic N) is 3. The smallest absolute Gasteiger partial charge is 0.288 e. The van der Waals surface area contributed by atoms with E-state index in [1.54, 1.807) is 13.1 Å². The van der Waals surface area contributed by atoms with Gasteiger partial charge in [0.1, 0.15) is 17.8 Å². The zero-order chi connectivity index (χ0) is 13.1. The van der Waals surface area contributed by atoms with E-state index in [1.807, 2.05) is 0 Å². The van der Waals surface area contributed by atoms with Gasteiger partial charge in [0.15, 0.2) is 0 Å². The summed E-state index contributed by atoms with van der Waals surface area (Å²) in [5, 5.41) is 13.5. The van der Waals surface area contributed by atoms with Gasteiger partial charge >= 0.3 is 0 Å². The number of aromatic nitrogens is 2. The number of rotatable bonds is 4. The molecule has 0 unspecified atom stereocenters. The van der Waals surface area contributed by atoms with Crippen LogP contribution in [0.1, 0.15) is 11.7 Å². The molecule has 0 saturated heterocycles. The predicted molar refractivity (Wildman–Crippen MR) is 67.2 cm³/mol. The van der Waals surface area contributed by atoms with Crippen LogP contribution < -0.4 is 5.32 Å². The van der Waals surface area contributed by atoms with Crippen LogP contribution in [0, 0.1) is 17.0 Å². The van der Waals surface area contributed by atoms with Crippen LogP contribution in [0.3, 0.4) is 0 Å². The van der Waals surface area contributed by atoms with E-state index < -0.39 is 4.92 Å². The van der Waals surface area contributed by atoms with Crippen molar-refractivity contribution in [2.75, 3.05) is 5.32 Å². The van der Waals surface area contributed by atoms with Gasteiger partial charge in [-0.1, -0.05) is 0 Å². The van der Waals surface area contributed by atoms with Gasteiger partial charge in [-0.05, 0) is 22.9 Å². The van der Waals surface area contributed by atoms with Crippen molar-refractivity contribution in [2.45, 2.75) is 13.5 Å². The van der Waals surface area contributed by atoms with Crippen molar-refractivity contribution in [2.24, 2.45) is 0 Å². The highest BCUT2D eigenvalue weighted by molar-refractivity contribution is 9.10. The maximum atomic E-state index is 10.5. The van der Waals surface area contributed by atoms with Crippen molar-refractivity contribution in [3.8, 4) is 0 Å². The van der Waals surface area contributed by atoms with Gasteiger partial charge in [-0.25, -0.2) is 9.97 Å². The highest BCUT2D eigenvalue weighted by atomic mass is 79.9. The van der Waals surface area contributed by atoms with Gasteiger partial charge in [0.05, 0.1) is 22.1 Å². The van der Waals surface area contributed by atoms with Crippen LogP contribution in [0.15, 0.2) is 27.3 Å². The standard InChI is InChI=1S/C10H9BrN4O3/c1-6-3-12-9(18-6)5-14-10-8(11)2-7(4-13-10)15(16)17/h2-4H,5H2,1H3,(H,13,14). The number of anilines is 1. The molecule has 0 spiro atoms. The Morgan fingerprint density at radius 2 is 2.28 bits per heavy atom. The molecule has 0 saturated carbocycles. The molecule has 0 atom stereocenters. The molecule has 2 rings (SSSR count). The Kier molecular flexibility index (Phi) is 3.56. The molecule has 18 heavy (non-hydrogen) atoms. The number of halogens is 1. The minimum absolute atomic E-state index is 0.0700. The van der Waals surface area contributed by atoms with E-state index in [2.05, 4.69) is 31.2 Å². The molecule has 2 aromatic heterocycles. The zero-order valence-corrected chi connectivity index (χ0v) is 11.0. The van der Waals surface area contributed by atoms with E-state index in [9.17, 15) is 10.1 Å². The normalized spacial score (nSPS) is 10.3. The second-order valence-corrected chi connectivity index (χ2v) is 4.35. The molecular weight excluding hydrogens is 304 g/mol. The lowest BCUT2D eigenvalue weighted by atomic mass is 10.4. The van der Waals surface area contributed by atoms with Gasteiger partial charge in [-0.15, -0.1) is 0 Å². The number of hydrogen-bond acceptors (Lipinski definition) is 6. The molecule has 2 heterocycles. The SMILES string of the molecule is Cc1cnc(CNc2ncc([N+](=O)[O-])cc2Br)o1. The molecule has 0 amide bonds. The topological polar surface area (TPSA) is 94.1 Å². The van der Waals surface area contributed by atoms with E-state index >= 15 is 0 Å². The first-order valence-electron chi connectivity index (χ1n) is 5.01. The number of nitro groups is 1. The lowest BCUT2D eigenvalue weighted by Gasteiger charge is -2.04. The third-order valence-corrected chi connectivity index (χ3v) is 2.72. The fourth-order valence-corrected chi connectivity index (χ4v) is 1.78. The summed E-state index contributed by atoms with van der Waals surface area (Å²) in [4.78, 5) is 18.0. The average Bonchev–Trinajstić information content (AvgIpc) is 2.73. The Morgan fingerprint density at radius 1 is 1.50 bits per heavy atom. The second-order valence-electron chi connectivity index (χ2n) is 3.50. The zero-order valence-electron chi connectivity index (χ0n) is 9.38. The summed E-state index contributed by atoms with van der Waals surface area (Å²) in [6.07, 6.45) is 2.81. The average molecular weight is 313 g/mol. The molecule has 1 N–H and O–H groups in total. The van der Waals surface area contributed by atoms with Gasteiger partial charge in [-0.2, -0.15) is 0 Å². The number of aryl methyl sites for hydroxylation is 1. The molecule has 0 aliphatic carbocycles. The quantitative estimate of drug-likeness (QED) is 0.689. The van der Waals surface area contributed by atoms with Crippen molar-refractivity contribution in [3.63, 3.8) is 0 Å². The van der Waals surface area contributed by atoms with Crippen LogP contribution in [-0.2, 0) is 6.54 Å². The van der Waals surface area contributed by atoms with Gasteiger partial charge in [0.25, 0.3) is 5.69 Å². The van der Waals surface area contributed by atoms with Crippen molar-refractivity contribution < 1.29 is 9.34 Å². The van der Waals surface area contributed by atoms with Crippen LogP contribution in [0.4, 0.5) is 11.5 Å². The Labute approximate surface area is 111 Å². The van der Waals surface area contributed by atoms with Crippen LogP contribution >= 0.6 is 15.9 Å². The van der Waals surface area contributed by atoms with Crippen LogP contribution in [-0.4, -0.2) is 14.9 Å². The second kappa shape index (κ2) is 5.13. The minimum Gasteiger partial charge on any atom is -0.444 e. The van der Waals surface area contributed by atoms with Crippen molar-refractivity contribution in [1.82, 2.24) is 9.97 Å². The first kappa shape index (κ1) is 12.5. The largest absolute Gasteiger partial charge is 0.444 e. The first-order valence-corrected chi connectivity index (χ1v) is 5.80.